The van der Waals surface area contributed by atoms with E-state index in [1.54, 1.807) is 6.07 Å². The third kappa shape index (κ3) is 5.11. The van der Waals surface area contributed by atoms with Crippen LogP contribution in [0.2, 0.25) is 0 Å². The minimum absolute atomic E-state index is 0.290. The van der Waals surface area contributed by atoms with Crippen molar-refractivity contribution in [3.05, 3.63) is 57.6 Å². The Morgan fingerprint density at radius 2 is 1.94 bits per heavy atom. The van der Waals surface area contributed by atoms with Gasteiger partial charge < -0.3 is 14.1 Å². The van der Waals surface area contributed by atoms with Gasteiger partial charge in [0.1, 0.15) is 5.76 Å². The summed E-state index contributed by atoms with van der Waals surface area (Å²) < 4.78 is 10.5. The van der Waals surface area contributed by atoms with E-state index in [1.807, 2.05) is 6.07 Å². The number of carbonyl (C=O) groups excluding carboxylic acids is 1. The number of unbranched alkanes of at least 4 members (excludes halogenated alkanes) is 5. The van der Waals surface area contributed by atoms with Crippen molar-refractivity contribution in [2.24, 2.45) is 0 Å². The maximum Gasteiger partial charge on any atom is 0.373 e. The summed E-state index contributed by atoms with van der Waals surface area (Å²) in [6.45, 7) is 2.28. The third-order valence-electron chi connectivity index (χ3n) is 7.04. The largest absolute Gasteiger partial charge is 0.463 e. The smallest absolute Gasteiger partial charge is 0.373 e. The standard InChI is InChI=1S/C28H37NO3/c1-3-4-5-6-7-8-11-20-12-9-14-23-26(20)27-21(13-10-15-24(27)29-23)16-17-22-18-19-25(32-22)28(30)31-2/h9,12,14-15,18-21,29H,3-8,10-11,13,16-17H2,1-2H3. The number of allylic oxidation sites excluding steroid dienone is 2. The molecule has 2 aromatic heterocycles. The average Bonchev–Trinajstić information content (AvgIpc) is 3.44. The van der Waals surface area contributed by atoms with Gasteiger partial charge in [-0.05, 0) is 60.9 Å². The Labute approximate surface area is 191 Å². The molecule has 0 saturated heterocycles. The molecular formula is C28H37NO3. The molecule has 2 atom stereocenters. The second-order valence-corrected chi connectivity index (χ2v) is 9.27. The van der Waals surface area contributed by atoms with Crippen molar-refractivity contribution >= 4 is 18.1 Å². The summed E-state index contributed by atoms with van der Waals surface area (Å²) in [5, 5.41) is 2.64. The van der Waals surface area contributed by atoms with Crippen LogP contribution >= 0.6 is 0 Å². The Balaban J connectivity index is 1.45. The lowest BCUT2D eigenvalue weighted by molar-refractivity contribution is 0.0563. The van der Waals surface area contributed by atoms with Crippen LogP contribution in [0.15, 0.2) is 28.7 Å². The van der Waals surface area contributed by atoms with E-state index in [9.17, 15) is 4.79 Å². The molecule has 2 aromatic rings. The lowest BCUT2D eigenvalue weighted by Crippen LogP contribution is -2.19. The summed E-state index contributed by atoms with van der Waals surface area (Å²) in [6, 6.07) is 3.63. The summed E-state index contributed by atoms with van der Waals surface area (Å²) >= 11 is 0. The molecule has 4 rings (SSSR count). The van der Waals surface area contributed by atoms with Crippen LogP contribution in [-0.2, 0) is 11.2 Å². The zero-order valence-electron chi connectivity index (χ0n) is 19.6. The summed E-state index contributed by atoms with van der Waals surface area (Å²) in [5.41, 5.74) is 3.06. The van der Waals surface area contributed by atoms with Gasteiger partial charge in [-0.1, -0.05) is 63.7 Å². The number of H-pyrrole nitrogens is 1. The number of fused-ring (bicyclic) bond motifs is 3. The molecule has 2 heterocycles. The minimum atomic E-state index is -0.412. The van der Waals surface area contributed by atoms with Crippen molar-refractivity contribution in [1.82, 2.24) is 4.98 Å². The highest BCUT2D eigenvalue weighted by molar-refractivity contribution is 5.86. The van der Waals surface area contributed by atoms with Crippen molar-refractivity contribution in [2.75, 3.05) is 7.11 Å². The fourth-order valence-electron chi connectivity index (χ4n) is 5.37. The molecule has 2 aliphatic carbocycles. The topological polar surface area (TPSA) is 55.2 Å². The number of aryl methyl sites for hydroxylation is 1. The van der Waals surface area contributed by atoms with Crippen LogP contribution in [0.1, 0.15) is 110 Å². The first-order valence-electron chi connectivity index (χ1n) is 12.5. The zero-order chi connectivity index (χ0) is 22.3. The number of esters is 1. The summed E-state index contributed by atoms with van der Waals surface area (Å²) in [6.07, 6.45) is 22.7. The van der Waals surface area contributed by atoms with E-state index in [-0.39, 0.29) is 5.76 Å². The first kappa shape index (κ1) is 22.7. The minimum Gasteiger partial charge on any atom is -0.463 e. The number of carbonyl (C=O) groups is 1. The fraction of sp³-hybridized carbons (Fsp3) is 0.536. The van der Waals surface area contributed by atoms with E-state index in [1.165, 1.54) is 80.3 Å². The number of methoxy groups -OCH3 is 1. The summed E-state index contributed by atoms with van der Waals surface area (Å²) in [5.74, 6) is 1.78. The van der Waals surface area contributed by atoms with Crippen molar-refractivity contribution in [2.45, 2.75) is 89.4 Å². The highest BCUT2D eigenvalue weighted by Crippen LogP contribution is 2.35. The zero-order valence-corrected chi connectivity index (χ0v) is 19.6. The number of aromatic amines is 1. The molecule has 0 spiro atoms. The highest BCUT2D eigenvalue weighted by atomic mass is 16.5. The van der Waals surface area contributed by atoms with Gasteiger partial charge in [-0.25, -0.2) is 4.79 Å². The molecule has 2 unspecified atom stereocenters. The van der Waals surface area contributed by atoms with Gasteiger partial charge in [0.25, 0.3) is 0 Å². The van der Waals surface area contributed by atoms with Crippen LogP contribution in [0, 0.1) is 0 Å². The van der Waals surface area contributed by atoms with Gasteiger partial charge in [0.05, 0.1) is 7.11 Å². The Bertz CT molecular complexity index is 1060. The predicted molar refractivity (Wildman–Crippen MR) is 129 cm³/mol. The van der Waals surface area contributed by atoms with E-state index in [0.29, 0.717) is 11.8 Å². The van der Waals surface area contributed by atoms with Crippen molar-refractivity contribution in [3.63, 3.8) is 0 Å². The Kier molecular flexibility index (Phi) is 7.72. The van der Waals surface area contributed by atoms with Gasteiger partial charge in [0.2, 0.25) is 5.76 Å². The molecule has 0 bridgehead atoms. The molecule has 0 aromatic carbocycles. The first-order chi connectivity index (χ1) is 15.7. The summed E-state index contributed by atoms with van der Waals surface area (Å²) in [4.78, 5) is 15.4. The van der Waals surface area contributed by atoms with Gasteiger partial charge in [0.15, 0.2) is 0 Å². The SMILES string of the molecule is CCCCCCCCC1C=CC=c2[nH]c3c(c21)C(CCc1ccc(C(=O)OC)o1)CCC=3. The van der Waals surface area contributed by atoms with Gasteiger partial charge in [-0.3, -0.25) is 0 Å². The molecule has 0 fully saturated rings. The molecule has 0 amide bonds. The highest BCUT2D eigenvalue weighted by Gasteiger charge is 2.27. The van der Waals surface area contributed by atoms with Crippen molar-refractivity contribution in [1.29, 1.82) is 0 Å². The molecule has 2 aliphatic rings. The van der Waals surface area contributed by atoms with E-state index < -0.39 is 5.97 Å². The first-order valence-corrected chi connectivity index (χ1v) is 12.5. The van der Waals surface area contributed by atoms with E-state index >= 15 is 0 Å². The Hall–Kier alpha value is -2.49. The number of rotatable bonds is 11. The molecule has 0 aliphatic heterocycles. The molecular weight excluding hydrogens is 398 g/mol. The molecule has 1 N–H and O–H groups in total. The van der Waals surface area contributed by atoms with Gasteiger partial charge in [0, 0.05) is 23.0 Å². The third-order valence-corrected chi connectivity index (χ3v) is 7.04. The predicted octanol–water partition coefficient (Wildman–Crippen LogP) is 5.87. The number of nitrogens with one attached hydrogen (secondary N) is 1. The number of hydrogen-bond donors (Lipinski definition) is 1. The number of aromatic nitrogens is 1. The quantitative estimate of drug-likeness (QED) is 0.355. The molecule has 32 heavy (non-hydrogen) atoms. The van der Waals surface area contributed by atoms with Gasteiger partial charge in [-0.2, -0.15) is 0 Å². The normalized spacial score (nSPS) is 19.1. The number of ether oxygens (including phenoxy) is 1. The van der Waals surface area contributed by atoms with Crippen LogP contribution in [0.3, 0.4) is 0 Å². The van der Waals surface area contributed by atoms with E-state index in [2.05, 4.69) is 36.2 Å². The molecule has 4 heteroatoms. The second kappa shape index (κ2) is 10.9. The van der Waals surface area contributed by atoms with E-state index in [4.69, 9.17) is 9.15 Å². The lowest BCUT2D eigenvalue weighted by Gasteiger charge is -2.24. The van der Waals surface area contributed by atoms with Crippen molar-refractivity contribution < 1.29 is 13.9 Å². The number of furan rings is 1. The molecule has 172 valence electrons. The molecule has 0 radical (unpaired) electrons. The van der Waals surface area contributed by atoms with Gasteiger partial charge >= 0.3 is 5.97 Å². The van der Waals surface area contributed by atoms with Crippen LogP contribution in [0.5, 0.6) is 0 Å². The number of hydrogen-bond acceptors (Lipinski definition) is 3. The lowest BCUT2D eigenvalue weighted by atomic mass is 9.80. The Morgan fingerprint density at radius 1 is 1.09 bits per heavy atom. The Morgan fingerprint density at radius 3 is 2.78 bits per heavy atom. The molecule has 4 nitrogen and oxygen atoms in total. The van der Waals surface area contributed by atoms with Crippen molar-refractivity contribution in [3.8, 4) is 0 Å². The maximum atomic E-state index is 11.7. The van der Waals surface area contributed by atoms with Crippen LogP contribution < -0.4 is 10.7 Å². The van der Waals surface area contributed by atoms with Crippen LogP contribution in [0.25, 0.3) is 12.2 Å². The molecule has 0 saturated carbocycles. The average molecular weight is 436 g/mol. The second-order valence-electron chi connectivity index (χ2n) is 9.27. The fourth-order valence-corrected chi connectivity index (χ4v) is 5.37. The summed E-state index contributed by atoms with van der Waals surface area (Å²) in [7, 11) is 1.38. The maximum absolute atomic E-state index is 11.7. The monoisotopic (exact) mass is 435 g/mol. The van der Waals surface area contributed by atoms with E-state index in [0.717, 1.165) is 25.0 Å². The van der Waals surface area contributed by atoms with Crippen LogP contribution in [0.4, 0.5) is 0 Å². The van der Waals surface area contributed by atoms with Gasteiger partial charge in [-0.15, -0.1) is 0 Å². The van der Waals surface area contributed by atoms with Crippen LogP contribution in [-0.4, -0.2) is 18.1 Å².